The molecule has 3 aromatic carbocycles. The average molecular weight is 428 g/mol. The van der Waals surface area contributed by atoms with Crippen LogP contribution in [0.1, 0.15) is 0 Å². The second-order valence-electron chi connectivity index (χ2n) is 6.32. The van der Waals surface area contributed by atoms with Crippen molar-refractivity contribution in [3.05, 3.63) is 83.8 Å². The maximum absolute atomic E-state index is 14.3. The first kappa shape index (κ1) is 19.4. The summed E-state index contributed by atoms with van der Waals surface area (Å²) in [5.74, 6) is 0.0201. The fourth-order valence-corrected chi connectivity index (χ4v) is 4.73. The van der Waals surface area contributed by atoms with Gasteiger partial charge in [-0.2, -0.15) is 0 Å². The number of halogens is 2. The van der Waals surface area contributed by atoms with E-state index in [1.807, 2.05) is 0 Å². The van der Waals surface area contributed by atoms with Crippen LogP contribution in [-0.2, 0) is 9.84 Å². The van der Waals surface area contributed by atoms with Crippen LogP contribution in [0.4, 0.5) is 4.39 Å². The smallest absolute Gasteiger partial charge is 0.208 e. The van der Waals surface area contributed by atoms with Gasteiger partial charge < -0.3 is 4.74 Å². The number of aromatic nitrogens is 1. The summed E-state index contributed by atoms with van der Waals surface area (Å²) < 4.78 is 46.3. The van der Waals surface area contributed by atoms with Crippen LogP contribution in [0, 0.1) is 5.82 Å². The highest BCUT2D eigenvalue weighted by atomic mass is 35.5. The quantitative estimate of drug-likeness (QED) is 0.429. The second-order valence-corrected chi connectivity index (χ2v) is 8.67. The Morgan fingerprint density at radius 3 is 2.31 bits per heavy atom. The normalized spacial score (nSPS) is 11.6. The van der Waals surface area contributed by atoms with Gasteiger partial charge in [-0.1, -0.05) is 35.9 Å². The summed E-state index contributed by atoms with van der Waals surface area (Å²) >= 11 is 5.99. The number of hydrogen-bond acceptors (Lipinski definition) is 4. The molecule has 0 N–H and O–H groups in total. The number of para-hydroxylation sites is 1. The molecule has 4 rings (SSSR count). The third kappa shape index (κ3) is 3.45. The van der Waals surface area contributed by atoms with Crippen molar-refractivity contribution in [2.75, 3.05) is 7.11 Å². The molecule has 7 heteroatoms. The third-order valence-corrected chi connectivity index (χ3v) is 6.64. The molecule has 0 saturated carbocycles. The Kier molecular flexibility index (Phi) is 4.98. The van der Waals surface area contributed by atoms with Gasteiger partial charge in [0, 0.05) is 22.2 Å². The summed E-state index contributed by atoms with van der Waals surface area (Å²) in [5.41, 5.74) is 1.08. The first-order valence-electron chi connectivity index (χ1n) is 8.64. The Morgan fingerprint density at radius 2 is 1.66 bits per heavy atom. The lowest BCUT2D eigenvalue weighted by Gasteiger charge is -2.14. The molecule has 0 amide bonds. The minimum absolute atomic E-state index is 0.0110. The van der Waals surface area contributed by atoms with Crippen LogP contribution >= 0.6 is 11.6 Å². The Bertz CT molecular complexity index is 1300. The fraction of sp³-hybridized carbons (Fsp3) is 0.0455. The molecule has 0 radical (unpaired) electrons. The first-order valence-corrected chi connectivity index (χ1v) is 10.5. The van der Waals surface area contributed by atoms with Gasteiger partial charge in [-0.05, 0) is 48.0 Å². The molecule has 0 bridgehead atoms. The predicted molar refractivity (Wildman–Crippen MR) is 111 cm³/mol. The number of ether oxygens (including phenoxy) is 1. The van der Waals surface area contributed by atoms with Gasteiger partial charge in [0.25, 0.3) is 0 Å². The second kappa shape index (κ2) is 7.46. The number of pyridine rings is 1. The molecule has 4 nitrogen and oxygen atoms in total. The van der Waals surface area contributed by atoms with Crippen LogP contribution < -0.4 is 4.74 Å². The largest absolute Gasteiger partial charge is 0.497 e. The van der Waals surface area contributed by atoms with Gasteiger partial charge in [0.1, 0.15) is 17.1 Å². The lowest BCUT2D eigenvalue weighted by atomic mass is 10.0. The highest BCUT2D eigenvalue weighted by molar-refractivity contribution is 7.91. The highest BCUT2D eigenvalue weighted by Gasteiger charge is 2.25. The molecule has 1 aromatic heterocycles. The van der Waals surface area contributed by atoms with Gasteiger partial charge >= 0.3 is 0 Å². The Balaban J connectivity index is 2.03. The molecule has 0 aliphatic carbocycles. The predicted octanol–water partition coefficient (Wildman–Crippen LogP) is 5.54. The minimum atomic E-state index is -3.93. The van der Waals surface area contributed by atoms with E-state index >= 15 is 0 Å². The van der Waals surface area contributed by atoms with E-state index in [1.54, 1.807) is 42.5 Å². The van der Waals surface area contributed by atoms with Crippen molar-refractivity contribution in [3.63, 3.8) is 0 Å². The molecule has 4 aromatic rings. The van der Waals surface area contributed by atoms with E-state index in [0.717, 1.165) is 0 Å². The van der Waals surface area contributed by atoms with Crippen LogP contribution in [0.5, 0.6) is 5.75 Å². The van der Waals surface area contributed by atoms with E-state index in [-0.39, 0.29) is 15.3 Å². The van der Waals surface area contributed by atoms with Crippen LogP contribution in [0.2, 0.25) is 5.02 Å². The maximum atomic E-state index is 14.3. The number of nitrogens with zero attached hydrogens (tertiary/aromatic N) is 1. The molecule has 0 saturated heterocycles. The zero-order valence-corrected chi connectivity index (χ0v) is 16.8. The van der Waals surface area contributed by atoms with Crippen LogP contribution in [0.3, 0.4) is 0 Å². The summed E-state index contributed by atoms with van der Waals surface area (Å²) in [4.78, 5) is 4.18. The van der Waals surface area contributed by atoms with E-state index in [1.165, 1.54) is 37.6 Å². The van der Waals surface area contributed by atoms with E-state index in [4.69, 9.17) is 16.3 Å². The highest BCUT2D eigenvalue weighted by Crippen LogP contribution is 2.37. The van der Waals surface area contributed by atoms with E-state index in [0.29, 0.717) is 27.3 Å². The summed E-state index contributed by atoms with van der Waals surface area (Å²) in [6, 6.07) is 17.3. The van der Waals surface area contributed by atoms with Crippen molar-refractivity contribution in [3.8, 4) is 16.9 Å². The van der Waals surface area contributed by atoms with E-state index in [2.05, 4.69) is 4.98 Å². The van der Waals surface area contributed by atoms with Crippen molar-refractivity contribution in [1.82, 2.24) is 4.98 Å². The molecule has 0 fully saturated rings. The molecule has 0 aliphatic heterocycles. The van der Waals surface area contributed by atoms with Gasteiger partial charge in [0.05, 0.1) is 16.9 Å². The molecule has 146 valence electrons. The molecule has 29 heavy (non-hydrogen) atoms. The number of fused-ring (bicyclic) bond motifs is 1. The average Bonchev–Trinajstić information content (AvgIpc) is 2.74. The third-order valence-electron chi connectivity index (χ3n) is 4.61. The molecule has 0 aliphatic rings. The van der Waals surface area contributed by atoms with Crippen LogP contribution in [0.15, 0.2) is 82.7 Å². The Morgan fingerprint density at radius 1 is 0.966 bits per heavy atom. The number of sulfone groups is 1. The lowest BCUT2D eigenvalue weighted by molar-refractivity contribution is 0.414. The van der Waals surface area contributed by atoms with Gasteiger partial charge in [-0.25, -0.2) is 12.8 Å². The van der Waals surface area contributed by atoms with Gasteiger partial charge in [-0.15, -0.1) is 0 Å². The summed E-state index contributed by atoms with van der Waals surface area (Å²) in [6.07, 6.45) is 1.20. The van der Waals surface area contributed by atoms with Gasteiger partial charge in [0.2, 0.25) is 9.84 Å². The van der Waals surface area contributed by atoms with Crippen molar-refractivity contribution >= 4 is 32.3 Å². The van der Waals surface area contributed by atoms with Crippen molar-refractivity contribution in [2.45, 2.75) is 9.79 Å². The van der Waals surface area contributed by atoms with Crippen molar-refractivity contribution in [2.24, 2.45) is 0 Å². The lowest BCUT2D eigenvalue weighted by Crippen LogP contribution is -2.06. The fourth-order valence-electron chi connectivity index (χ4n) is 3.17. The molecule has 0 atom stereocenters. The zero-order valence-electron chi connectivity index (χ0n) is 15.3. The Labute approximate surface area is 172 Å². The summed E-state index contributed by atoms with van der Waals surface area (Å²) in [7, 11) is -2.43. The monoisotopic (exact) mass is 427 g/mol. The molecular weight excluding hydrogens is 413 g/mol. The molecule has 0 spiro atoms. The number of rotatable bonds is 4. The van der Waals surface area contributed by atoms with Crippen LogP contribution in [0.25, 0.3) is 22.0 Å². The van der Waals surface area contributed by atoms with Gasteiger partial charge in [0.15, 0.2) is 0 Å². The number of benzene rings is 3. The maximum Gasteiger partial charge on any atom is 0.208 e. The van der Waals surface area contributed by atoms with E-state index < -0.39 is 15.7 Å². The SMILES string of the molecule is COc1ccc(S(=O)(=O)c2cnc3c(F)cccc3c2-c2ccc(Cl)cc2)cc1. The first-order chi connectivity index (χ1) is 13.9. The van der Waals surface area contributed by atoms with Gasteiger partial charge in [-0.3, -0.25) is 4.98 Å². The summed E-state index contributed by atoms with van der Waals surface area (Å²) in [6.45, 7) is 0. The summed E-state index contributed by atoms with van der Waals surface area (Å²) in [5, 5.41) is 0.916. The topological polar surface area (TPSA) is 56.3 Å². The zero-order chi connectivity index (χ0) is 20.6. The molecular formula is C22H15ClFNO3S. The Hall–Kier alpha value is -2.96. The molecule has 0 unspecified atom stereocenters. The number of hydrogen-bond donors (Lipinski definition) is 0. The van der Waals surface area contributed by atoms with E-state index in [9.17, 15) is 12.8 Å². The van der Waals surface area contributed by atoms with Crippen molar-refractivity contribution < 1.29 is 17.5 Å². The van der Waals surface area contributed by atoms with Crippen LogP contribution in [-0.4, -0.2) is 20.5 Å². The molecule has 1 heterocycles. The van der Waals surface area contributed by atoms with Crippen molar-refractivity contribution in [1.29, 1.82) is 0 Å². The standard InChI is InChI=1S/C22H15ClFNO3S/c1-28-16-9-11-17(12-10-16)29(26,27)20-13-25-22-18(3-2-4-19(22)24)21(20)14-5-7-15(23)8-6-14/h2-13H,1H3. The number of methoxy groups -OCH3 is 1. The minimum Gasteiger partial charge on any atom is -0.497 e.